The van der Waals surface area contributed by atoms with Crippen molar-refractivity contribution in [2.45, 2.75) is 35.4 Å². The molecule has 0 aliphatic carbocycles. The molecule has 1 aromatic rings. The van der Waals surface area contributed by atoms with Crippen LogP contribution in [0.2, 0.25) is 10.1 Å². The molecule has 0 N–H and O–H groups in total. The summed E-state index contributed by atoms with van der Waals surface area (Å²) in [5, 5.41) is 1.57. The summed E-state index contributed by atoms with van der Waals surface area (Å²) in [7, 11) is 0. The van der Waals surface area contributed by atoms with E-state index in [1.165, 1.54) is 0 Å². The highest BCUT2D eigenvalue weighted by atomic mass is 27.2. The molecule has 0 saturated carbocycles. The first-order valence-corrected chi connectivity index (χ1v) is 8.66. The number of hydrogen-bond donors (Lipinski definition) is 0. The average molecular weight is 271 g/mol. The number of nitrogens with zero attached hydrogens (tertiary/aromatic N) is 1. The molecule has 0 aromatic carbocycles. The normalized spacial score (nSPS) is 28.7. The lowest BCUT2D eigenvalue weighted by molar-refractivity contribution is -0.183. The van der Waals surface area contributed by atoms with Crippen LogP contribution in [0.25, 0.3) is 0 Å². The molecule has 0 bridgehead atoms. The molecule has 0 spiro atoms. The zero-order valence-corrected chi connectivity index (χ0v) is 11.8. The molecule has 1 fully saturated rings. The SMILES string of the molecule is CC1[CH2][Al]([CH2]c2ccccn2)[CH](C)C1C(F)(F)F. The molecule has 1 aliphatic rings. The van der Waals surface area contributed by atoms with E-state index >= 15 is 0 Å². The van der Waals surface area contributed by atoms with Gasteiger partial charge in [0.15, 0.2) is 0 Å². The quantitative estimate of drug-likeness (QED) is 0.744. The lowest BCUT2D eigenvalue weighted by atomic mass is 9.93. The van der Waals surface area contributed by atoms with E-state index in [0.29, 0.717) is 0 Å². The van der Waals surface area contributed by atoms with Gasteiger partial charge in [-0.15, -0.1) is 0 Å². The Kier molecular flexibility index (Phi) is 4.03. The minimum Gasteiger partial charge on any atom is -0.263 e. The zero-order valence-electron chi connectivity index (χ0n) is 10.6. The van der Waals surface area contributed by atoms with Gasteiger partial charge in [-0.1, -0.05) is 35.3 Å². The van der Waals surface area contributed by atoms with Gasteiger partial charge in [-0.3, -0.25) is 4.98 Å². The van der Waals surface area contributed by atoms with E-state index in [1.807, 2.05) is 18.2 Å². The molecule has 0 amide bonds. The largest absolute Gasteiger partial charge is 0.391 e. The highest BCUT2D eigenvalue weighted by molar-refractivity contribution is 6.60. The molecule has 1 aliphatic heterocycles. The van der Waals surface area contributed by atoms with Crippen molar-refractivity contribution < 1.29 is 13.2 Å². The van der Waals surface area contributed by atoms with Crippen LogP contribution in [0.1, 0.15) is 19.5 Å². The smallest absolute Gasteiger partial charge is 0.263 e. The summed E-state index contributed by atoms with van der Waals surface area (Å²) in [5.41, 5.74) is 0.955. The molecule has 2 heterocycles. The number of pyridine rings is 1. The van der Waals surface area contributed by atoms with Gasteiger partial charge >= 0.3 is 6.18 Å². The summed E-state index contributed by atoms with van der Waals surface area (Å²) in [6, 6.07) is 5.66. The molecule has 5 heteroatoms. The summed E-state index contributed by atoms with van der Waals surface area (Å²) < 4.78 is 38.8. The molecule has 1 saturated heterocycles. The van der Waals surface area contributed by atoms with Crippen LogP contribution in [0.3, 0.4) is 0 Å². The number of hydrogen-bond acceptors (Lipinski definition) is 1. The van der Waals surface area contributed by atoms with Crippen molar-refractivity contribution in [2.24, 2.45) is 11.8 Å². The van der Waals surface area contributed by atoms with Gasteiger partial charge in [0.2, 0.25) is 0 Å². The molecule has 2 rings (SSSR count). The summed E-state index contributed by atoms with van der Waals surface area (Å²) in [4.78, 5) is 4.24. The summed E-state index contributed by atoms with van der Waals surface area (Å²) >= 11 is -1.40. The van der Waals surface area contributed by atoms with Crippen LogP contribution in [0, 0.1) is 11.8 Å². The van der Waals surface area contributed by atoms with Gasteiger partial charge in [0.1, 0.15) is 0 Å². The number of aromatic nitrogens is 1. The molecule has 3 unspecified atom stereocenters. The van der Waals surface area contributed by atoms with Crippen LogP contribution in [-0.4, -0.2) is 25.3 Å². The van der Waals surface area contributed by atoms with E-state index in [0.717, 1.165) is 16.3 Å². The molecular formula is C13H17AlF3N. The first-order chi connectivity index (χ1) is 8.39. The topological polar surface area (TPSA) is 12.9 Å². The Bertz CT molecular complexity index is 393. The second-order valence-electron chi connectivity index (χ2n) is 5.42. The summed E-state index contributed by atoms with van der Waals surface area (Å²) in [6.07, 6.45) is -2.32. The second-order valence-corrected chi connectivity index (χ2v) is 8.88. The van der Waals surface area contributed by atoms with Crippen LogP contribution >= 0.6 is 0 Å². The lowest BCUT2D eigenvalue weighted by Crippen LogP contribution is -2.29. The van der Waals surface area contributed by atoms with Gasteiger partial charge in [0, 0.05) is 17.8 Å². The van der Waals surface area contributed by atoms with Crippen LogP contribution in [0.5, 0.6) is 0 Å². The minimum absolute atomic E-state index is 0.179. The van der Waals surface area contributed by atoms with Crippen LogP contribution in [-0.2, 0) is 5.28 Å². The standard InChI is InChI=1S/C7H11F3.C6H6N.Al/c1-4-6(5(2)3)7(8,9)10;1-6-4-2-3-5-7-6;/h4-6H,2H2,1,3H3;2-5H,1H2;. The van der Waals surface area contributed by atoms with Gasteiger partial charge in [-0.2, -0.15) is 13.2 Å². The van der Waals surface area contributed by atoms with Gasteiger partial charge in [0.05, 0.1) is 0 Å². The molecule has 1 aromatic heterocycles. The highest BCUT2D eigenvalue weighted by Crippen LogP contribution is 2.50. The van der Waals surface area contributed by atoms with E-state index in [1.54, 1.807) is 20.0 Å². The molecule has 1 nitrogen and oxygen atoms in total. The zero-order chi connectivity index (χ0) is 13.3. The Hall–Kier alpha value is -0.528. The Morgan fingerprint density at radius 3 is 2.56 bits per heavy atom. The monoisotopic (exact) mass is 271 g/mol. The summed E-state index contributed by atoms with van der Waals surface area (Å²) in [6.45, 7) is 3.54. The predicted octanol–water partition coefficient (Wildman–Crippen LogP) is 3.88. The van der Waals surface area contributed by atoms with E-state index in [-0.39, 0.29) is 10.7 Å². The third-order valence-electron chi connectivity index (χ3n) is 4.17. The predicted molar refractivity (Wildman–Crippen MR) is 66.6 cm³/mol. The van der Waals surface area contributed by atoms with E-state index in [2.05, 4.69) is 4.98 Å². The van der Waals surface area contributed by atoms with Crippen molar-refractivity contribution in [3.8, 4) is 0 Å². The Balaban J connectivity index is 2.09. The lowest BCUT2D eigenvalue weighted by Gasteiger charge is -2.24. The van der Waals surface area contributed by atoms with Crippen LogP contribution in [0.15, 0.2) is 24.4 Å². The third-order valence-corrected chi connectivity index (χ3v) is 8.37. The molecule has 3 atom stereocenters. The number of halogens is 3. The first kappa shape index (κ1) is 13.9. The van der Waals surface area contributed by atoms with E-state index in [4.69, 9.17) is 0 Å². The number of alkyl halides is 3. The third kappa shape index (κ3) is 2.89. The van der Waals surface area contributed by atoms with Gasteiger partial charge in [0.25, 0.3) is 14.1 Å². The molecule has 0 radical (unpaired) electrons. The maximum absolute atomic E-state index is 13.0. The average Bonchev–Trinajstić information content (AvgIpc) is 2.54. The molecular weight excluding hydrogens is 254 g/mol. The van der Waals surface area contributed by atoms with Crippen molar-refractivity contribution >= 4 is 14.1 Å². The van der Waals surface area contributed by atoms with Crippen molar-refractivity contribution in [2.75, 3.05) is 0 Å². The van der Waals surface area contributed by atoms with Crippen LogP contribution < -0.4 is 0 Å². The van der Waals surface area contributed by atoms with E-state index in [9.17, 15) is 13.2 Å². The minimum atomic E-state index is -4.04. The fourth-order valence-electron chi connectivity index (χ4n) is 3.33. The number of rotatable bonds is 2. The Morgan fingerprint density at radius 2 is 2.06 bits per heavy atom. The Morgan fingerprint density at radius 1 is 1.33 bits per heavy atom. The van der Waals surface area contributed by atoms with Gasteiger partial charge in [-0.25, -0.2) is 0 Å². The first-order valence-electron chi connectivity index (χ1n) is 6.36. The second kappa shape index (κ2) is 5.22. The van der Waals surface area contributed by atoms with Crippen molar-refractivity contribution in [1.82, 2.24) is 4.98 Å². The maximum Gasteiger partial charge on any atom is 0.391 e. The Labute approximate surface area is 110 Å². The van der Waals surface area contributed by atoms with Crippen LogP contribution in [0.4, 0.5) is 13.2 Å². The highest BCUT2D eigenvalue weighted by Gasteiger charge is 2.54. The van der Waals surface area contributed by atoms with E-state index < -0.39 is 26.2 Å². The fraction of sp³-hybridized carbons (Fsp3) is 0.615. The molecule has 98 valence electrons. The van der Waals surface area contributed by atoms with Crippen molar-refractivity contribution in [3.05, 3.63) is 30.1 Å². The fourth-order valence-corrected chi connectivity index (χ4v) is 7.51. The maximum atomic E-state index is 13.0. The van der Waals surface area contributed by atoms with Gasteiger partial charge in [-0.05, 0) is 18.1 Å². The van der Waals surface area contributed by atoms with Crippen molar-refractivity contribution in [1.29, 1.82) is 0 Å². The molecule has 18 heavy (non-hydrogen) atoms. The summed E-state index contributed by atoms with van der Waals surface area (Å²) in [5.74, 6) is -1.32. The van der Waals surface area contributed by atoms with Gasteiger partial charge < -0.3 is 0 Å². The van der Waals surface area contributed by atoms with Crippen molar-refractivity contribution in [3.63, 3.8) is 0 Å².